The molecule has 0 N–H and O–H groups in total. The van der Waals surface area contributed by atoms with E-state index in [4.69, 9.17) is 14.2 Å². The first kappa shape index (κ1) is 62.6. The molecule has 378 valence electrons. The Morgan fingerprint density at radius 1 is 0.318 bits per heavy atom. The molecule has 0 rings (SSSR count). The minimum atomic E-state index is -0.781. The highest BCUT2D eigenvalue weighted by Gasteiger charge is 2.19. The number of hydrogen-bond acceptors (Lipinski definition) is 6. The summed E-state index contributed by atoms with van der Waals surface area (Å²) < 4.78 is 16.8. The molecule has 66 heavy (non-hydrogen) atoms. The molecule has 6 nitrogen and oxygen atoms in total. The SMILES string of the molecule is CC/C=C\C/C=C\C/C=C\C/C=C\C/C=C\C/C=C\CCCCCCCCCCC(=O)OCC(COC(=O)CCCCCCCCCCCC)OC(=O)CCCCCCC/C=C\CCCC. The minimum absolute atomic E-state index is 0.0806. The maximum Gasteiger partial charge on any atom is 0.306 e. The third-order valence-electron chi connectivity index (χ3n) is 11.6. The molecule has 0 fully saturated rings. The van der Waals surface area contributed by atoms with Gasteiger partial charge in [0.05, 0.1) is 0 Å². The first-order valence-corrected chi connectivity index (χ1v) is 27.6. The van der Waals surface area contributed by atoms with Crippen molar-refractivity contribution < 1.29 is 28.6 Å². The summed E-state index contributed by atoms with van der Waals surface area (Å²) in [5.74, 6) is -0.899. The summed E-state index contributed by atoms with van der Waals surface area (Å²) in [4.78, 5) is 37.9. The summed E-state index contributed by atoms with van der Waals surface area (Å²) in [5.41, 5.74) is 0. The van der Waals surface area contributed by atoms with Crippen LogP contribution in [0.5, 0.6) is 0 Å². The highest BCUT2D eigenvalue weighted by atomic mass is 16.6. The van der Waals surface area contributed by atoms with Crippen LogP contribution in [0.15, 0.2) is 85.1 Å². The number of rotatable bonds is 49. The van der Waals surface area contributed by atoms with Crippen molar-refractivity contribution in [3.8, 4) is 0 Å². The molecule has 0 amide bonds. The average molecular weight is 919 g/mol. The second kappa shape index (κ2) is 54.2. The van der Waals surface area contributed by atoms with Crippen LogP contribution in [0.2, 0.25) is 0 Å². The number of hydrogen-bond donors (Lipinski definition) is 0. The Morgan fingerprint density at radius 3 is 0.985 bits per heavy atom. The van der Waals surface area contributed by atoms with E-state index in [0.717, 1.165) is 116 Å². The van der Waals surface area contributed by atoms with Crippen molar-refractivity contribution in [3.05, 3.63) is 85.1 Å². The van der Waals surface area contributed by atoms with E-state index in [2.05, 4.69) is 106 Å². The van der Waals surface area contributed by atoms with Crippen LogP contribution in [0, 0.1) is 0 Å². The Balaban J connectivity index is 4.22. The average Bonchev–Trinajstić information content (AvgIpc) is 3.31. The zero-order valence-electron chi connectivity index (χ0n) is 43.2. The summed E-state index contributed by atoms with van der Waals surface area (Å²) in [6.45, 7) is 6.46. The summed E-state index contributed by atoms with van der Waals surface area (Å²) >= 11 is 0. The van der Waals surface area contributed by atoms with Gasteiger partial charge in [0.15, 0.2) is 6.10 Å². The Morgan fingerprint density at radius 2 is 0.606 bits per heavy atom. The Bertz CT molecular complexity index is 1290. The molecule has 0 saturated carbocycles. The van der Waals surface area contributed by atoms with E-state index in [9.17, 15) is 14.4 Å². The molecule has 0 aliphatic carbocycles. The van der Waals surface area contributed by atoms with Crippen LogP contribution in [0.3, 0.4) is 0 Å². The number of carbonyl (C=O) groups excluding carboxylic acids is 3. The van der Waals surface area contributed by atoms with E-state index >= 15 is 0 Å². The van der Waals surface area contributed by atoms with Crippen molar-refractivity contribution in [3.63, 3.8) is 0 Å². The molecule has 0 radical (unpaired) electrons. The lowest BCUT2D eigenvalue weighted by atomic mass is 10.1. The quantitative estimate of drug-likeness (QED) is 0.0262. The molecule has 0 aromatic rings. The van der Waals surface area contributed by atoms with Crippen molar-refractivity contribution in [1.29, 1.82) is 0 Å². The van der Waals surface area contributed by atoms with Gasteiger partial charge >= 0.3 is 17.9 Å². The number of esters is 3. The van der Waals surface area contributed by atoms with Gasteiger partial charge in [-0.25, -0.2) is 0 Å². The Hall–Kier alpha value is -3.41. The van der Waals surface area contributed by atoms with Crippen LogP contribution in [-0.2, 0) is 28.6 Å². The van der Waals surface area contributed by atoms with E-state index in [1.165, 1.54) is 103 Å². The first-order chi connectivity index (χ1) is 32.5. The second-order valence-electron chi connectivity index (χ2n) is 18.1. The van der Waals surface area contributed by atoms with E-state index in [0.29, 0.717) is 19.3 Å². The van der Waals surface area contributed by atoms with Crippen LogP contribution in [0.1, 0.15) is 258 Å². The lowest BCUT2D eigenvalue weighted by molar-refractivity contribution is -0.167. The monoisotopic (exact) mass is 919 g/mol. The zero-order valence-corrected chi connectivity index (χ0v) is 43.2. The van der Waals surface area contributed by atoms with Crippen LogP contribution in [0.25, 0.3) is 0 Å². The summed E-state index contributed by atoms with van der Waals surface area (Å²) in [7, 11) is 0. The van der Waals surface area contributed by atoms with Crippen molar-refractivity contribution in [2.75, 3.05) is 13.2 Å². The van der Waals surface area contributed by atoms with Gasteiger partial charge < -0.3 is 14.2 Å². The van der Waals surface area contributed by atoms with Crippen molar-refractivity contribution in [2.24, 2.45) is 0 Å². The van der Waals surface area contributed by atoms with Gasteiger partial charge in [0.1, 0.15) is 13.2 Å². The van der Waals surface area contributed by atoms with E-state index in [1.807, 2.05) is 0 Å². The molecule has 0 bridgehead atoms. The highest BCUT2D eigenvalue weighted by molar-refractivity contribution is 5.71. The molecule has 1 atom stereocenters. The van der Waals surface area contributed by atoms with Gasteiger partial charge in [-0.3, -0.25) is 14.4 Å². The lowest BCUT2D eigenvalue weighted by Gasteiger charge is -2.18. The maximum atomic E-state index is 12.8. The topological polar surface area (TPSA) is 78.9 Å². The molecule has 0 heterocycles. The molecular formula is C60H102O6. The standard InChI is InChI=1S/C60H102O6/c1-4-7-10-13-16-19-22-23-24-25-26-27-28-29-30-31-32-33-34-35-36-37-39-41-44-47-50-53-59(62)65-56-57(55-64-58(61)52-49-46-43-40-21-18-15-12-9-6-3)66-60(63)54-51-48-45-42-38-20-17-14-11-8-5-2/h7,10,14,16-17,19,23-24,26-27,29-30,32-33,57H,4-6,8-9,11-13,15,18,20-22,25,28,31,34-56H2,1-3H3/b10-7-,17-14-,19-16-,24-23-,27-26-,30-29-,33-32-. The molecule has 0 aromatic carbocycles. The van der Waals surface area contributed by atoms with Gasteiger partial charge in [-0.15, -0.1) is 0 Å². The van der Waals surface area contributed by atoms with Gasteiger partial charge in [0.25, 0.3) is 0 Å². The van der Waals surface area contributed by atoms with Gasteiger partial charge in [0, 0.05) is 19.3 Å². The third-order valence-corrected chi connectivity index (χ3v) is 11.6. The molecule has 0 spiro atoms. The van der Waals surface area contributed by atoms with Crippen molar-refractivity contribution >= 4 is 17.9 Å². The fraction of sp³-hybridized carbons (Fsp3) is 0.717. The highest BCUT2D eigenvalue weighted by Crippen LogP contribution is 2.15. The van der Waals surface area contributed by atoms with E-state index < -0.39 is 6.10 Å². The van der Waals surface area contributed by atoms with Crippen molar-refractivity contribution in [2.45, 2.75) is 264 Å². The summed E-state index contributed by atoms with van der Waals surface area (Å²) in [5, 5.41) is 0. The molecular weight excluding hydrogens is 817 g/mol. The lowest BCUT2D eigenvalue weighted by Crippen LogP contribution is -2.30. The fourth-order valence-corrected chi connectivity index (χ4v) is 7.49. The van der Waals surface area contributed by atoms with Gasteiger partial charge in [-0.05, 0) is 89.9 Å². The van der Waals surface area contributed by atoms with Crippen LogP contribution < -0.4 is 0 Å². The Labute approximate surface area is 407 Å². The van der Waals surface area contributed by atoms with E-state index in [-0.39, 0.29) is 31.1 Å². The molecule has 0 saturated heterocycles. The molecule has 0 aliphatic heterocycles. The first-order valence-electron chi connectivity index (χ1n) is 27.6. The normalized spacial score (nSPS) is 12.7. The molecule has 0 aromatic heterocycles. The largest absolute Gasteiger partial charge is 0.462 e. The molecule has 0 aliphatic rings. The van der Waals surface area contributed by atoms with Gasteiger partial charge in [0.2, 0.25) is 0 Å². The minimum Gasteiger partial charge on any atom is -0.462 e. The predicted octanol–water partition coefficient (Wildman–Crippen LogP) is 18.4. The van der Waals surface area contributed by atoms with Gasteiger partial charge in [-0.1, -0.05) is 234 Å². The van der Waals surface area contributed by atoms with Crippen LogP contribution in [-0.4, -0.2) is 37.2 Å². The molecule has 1 unspecified atom stereocenters. The van der Waals surface area contributed by atoms with E-state index in [1.54, 1.807) is 0 Å². The predicted molar refractivity (Wildman–Crippen MR) is 284 cm³/mol. The fourth-order valence-electron chi connectivity index (χ4n) is 7.49. The third kappa shape index (κ3) is 51.6. The van der Waals surface area contributed by atoms with Crippen molar-refractivity contribution in [1.82, 2.24) is 0 Å². The van der Waals surface area contributed by atoms with Crippen LogP contribution in [0.4, 0.5) is 0 Å². The summed E-state index contributed by atoms with van der Waals surface area (Å²) in [6.07, 6.45) is 70.1. The number of unbranched alkanes of at least 4 members (excludes halogenated alkanes) is 24. The number of carbonyl (C=O) groups is 3. The number of ether oxygens (including phenoxy) is 3. The zero-order chi connectivity index (χ0) is 47.9. The smallest absolute Gasteiger partial charge is 0.306 e. The molecule has 6 heteroatoms. The van der Waals surface area contributed by atoms with Crippen LogP contribution >= 0.6 is 0 Å². The Kier molecular flexibility index (Phi) is 51.4. The van der Waals surface area contributed by atoms with Gasteiger partial charge in [-0.2, -0.15) is 0 Å². The second-order valence-corrected chi connectivity index (χ2v) is 18.1. The maximum absolute atomic E-state index is 12.8. The summed E-state index contributed by atoms with van der Waals surface area (Å²) in [6, 6.07) is 0. The number of allylic oxidation sites excluding steroid dienone is 14.